The van der Waals surface area contributed by atoms with Gasteiger partial charge in [-0.05, 0) is 39.0 Å². The highest BCUT2D eigenvalue weighted by molar-refractivity contribution is 5.73. The van der Waals surface area contributed by atoms with Crippen molar-refractivity contribution in [2.24, 2.45) is 5.92 Å². The van der Waals surface area contributed by atoms with E-state index in [0.717, 1.165) is 19.3 Å². The summed E-state index contributed by atoms with van der Waals surface area (Å²) < 4.78 is 5.25. The molecule has 0 aliphatic carbocycles. The Morgan fingerprint density at radius 1 is 0.944 bits per heavy atom. The Bertz CT molecular complexity index is 279. The van der Waals surface area contributed by atoms with Crippen molar-refractivity contribution in [3.63, 3.8) is 0 Å². The number of carbonyl (C=O) groups is 1. The van der Waals surface area contributed by atoms with E-state index in [1.165, 1.54) is 32.1 Å². The first-order valence-electron chi connectivity index (χ1n) is 7.29. The Morgan fingerprint density at radius 2 is 1.61 bits per heavy atom. The molecule has 2 heteroatoms. The van der Waals surface area contributed by atoms with Crippen LogP contribution >= 0.6 is 0 Å². The highest BCUT2D eigenvalue weighted by atomic mass is 16.5. The normalized spacial score (nSPS) is 28.3. The van der Waals surface area contributed by atoms with Crippen LogP contribution in [0.5, 0.6) is 0 Å². The minimum atomic E-state index is -0.109. The molecule has 1 aliphatic heterocycles. The monoisotopic (exact) mass is 250 g/mol. The molecule has 1 heterocycles. The van der Waals surface area contributed by atoms with E-state index in [1.54, 1.807) is 0 Å². The lowest BCUT2D eigenvalue weighted by Crippen LogP contribution is -2.13. The van der Waals surface area contributed by atoms with E-state index in [0.29, 0.717) is 6.61 Å². The quantitative estimate of drug-likeness (QED) is 0.470. The summed E-state index contributed by atoms with van der Waals surface area (Å²) in [6.07, 6.45) is 17.8. The molecule has 0 aromatic carbocycles. The molecule has 18 heavy (non-hydrogen) atoms. The van der Waals surface area contributed by atoms with E-state index < -0.39 is 0 Å². The second-order valence-corrected chi connectivity index (χ2v) is 4.99. The average Bonchev–Trinajstić information content (AvgIpc) is 2.37. The van der Waals surface area contributed by atoms with Gasteiger partial charge in [0.15, 0.2) is 0 Å². The third-order valence-electron chi connectivity index (χ3n) is 3.22. The molecule has 1 atom stereocenters. The van der Waals surface area contributed by atoms with Crippen molar-refractivity contribution in [2.75, 3.05) is 6.61 Å². The van der Waals surface area contributed by atoms with Gasteiger partial charge in [-0.3, -0.25) is 4.79 Å². The number of rotatable bonds is 0. The van der Waals surface area contributed by atoms with Crippen molar-refractivity contribution in [2.45, 2.75) is 58.3 Å². The maximum atomic E-state index is 11.6. The van der Waals surface area contributed by atoms with Gasteiger partial charge in [0.1, 0.15) is 0 Å². The molecule has 1 unspecified atom stereocenters. The molecular weight excluding hydrogens is 224 g/mol. The Hall–Kier alpha value is -1.05. The van der Waals surface area contributed by atoms with Crippen molar-refractivity contribution in [3.8, 4) is 0 Å². The Balaban J connectivity index is 2.37. The minimum absolute atomic E-state index is 0.0890. The smallest absolute Gasteiger partial charge is 0.312 e. The lowest BCUT2D eigenvalue weighted by molar-refractivity contribution is -0.146. The Labute approximate surface area is 111 Å². The van der Waals surface area contributed by atoms with E-state index in [2.05, 4.69) is 18.2 Å². The van der Waals surface area contributed by atoms with Gasteiger partial charge in [-0.25, -0.2) is 0 Å². The third kappa shape index (κ3) is 7.31. The zero-order valence-electron chi connectivity index (χ0n) is 11.6. The van der Waals surface area contributed by atoms with E-state index >= 15 is 0 Å². The zero-order valence-corrected chi connectivity index (χ0v) is 11.6. The van der Waals surface area contributed by atoms with Crippen LogP contribution in [0.15, 0.2) is 24.3 Å². The number of carbonyl (C=O) groups excluding carboxylic acids is 1. The number of hydrogen-bond acceptors (Lipinski definition) is 2. The summed E-state index contributed by atoms with van der Waals surface area (Å²) in [5, 5.41) is 0. The molecule has 102 valence electrons. The van der Waals surface area contributed by atoms with Crippen LogP contribution in [-0.2, 0) is 9.53 Å². The molecule has 0 radical (unpaired) electrons. The fourth-order valence-electron chi connectivity index (χ4n) is 2.01. The summed E-state index contributed by atoms with van der Waals surface area (Å²) in [5.41, 5.74) is 0. The van der Waals surface area contributed by atoms with Gasteiger partial charge in [-0.2, -0.15) is 0 Å². The van der Waals surface area contributed by atoms with E-state index in [9.17, 15) is 4.79 Å². The van der Waals surface area contributed by atoms with E-state index in [-0.39, 0.29) is 11.9 Å². The molecule has 0 aromatic rings. The van der Waals surface area contributed by atoms with Gasteiger partial charge in [0.2, 0.25) is 0 Å². The molecule has 0 N–H and O–H groups in total. The maximum Gasteiger partial charge on any atom is 0.312 e. The molecule has 0 spiro atoms. The molecule has 0 saturated heterocycles. The first kappa shape index (κ1) is 15.0. The van der Waals surface area contributed by atoms with Crippen LogP contribution in [0, 0.1) is 5.92 Å². The molecule has 0 bridgehead atoms. The first-order valence-corrected chi connectivity index (χ1v) is 7.29. The number of hydrogen-bond donors (Lipinski definition) is 0. The molecule has 0 amide bonds. The van der Waals surface area contributed by atoms with E-state index in [4.69, 9.17) is 4.74 Å². The number of esters is 1. The van der Waals surface area contributed by atoms with Crippen LogP contribution in [0.1, 0.15) is 58.3 Å². The lowest BCUT2D eigenvalue weighted by Gasteiger charge is -2.08. The fraction of sp³-hybridized carbons (Fsp3) is 0.688. The van der Waals surface area contributed by atoms with Crippen LogP contribution in [0.25, 0.3) is 0 Å². The molecule has 0 aromatic heterocycles. The van der Waals surface area contributed by atoms with Gasteiger partial charge in [0.25, 0.3) is 0 Å². The zero-order chi connectivity index (χ0) is 13.1. The van der Waals surface area contributed by atoms with Crippen LogP contribution in [0.3, 0.4) is 0 Å². The molecule has 2 nitrogen and oxygen atoms in total. The third-order valence-corrected chi connectivity index (χ3v) is 3.22. The Morgan fingerprint density at radius 3 is 2.50 bits per heavy atom. The van der Waals surface area contributed by atoms with Crippen molar-refractivity contribution in [1.29, 1.82) is 0 Å². The first-order chi connectivity index (χ1) is 8.80. The molecule has 1 rings (SSSR count). The van der Waals surface area contributed by atoms with Crippen LogP contribution in [0.2, 0.25) is 0 Å². The fourth-order valence-corrected chi connectivity index (χ4v) is 2.01. The summed E-state index contributed by atoms with van der Waals surface area (Å²) in [4.78, 5) is 11.6. The Kier molecular flexibility index (Phi) is 8.28. The number of allylic oxidation sites excluding steroid dienone is 3. The van der Waals surface area contributed by atoms with Crippen molar-refractivity contribution < 1.29 is 9.53 Å². The average molecular weight is 250 g/mol. The summed E-state index contributed by atoms with van der Waals surface area (Å²) in [6.45, 7) is 2.48. The maximum absolute atomic E-state index is 11.6. The van der Waals surface area contributed by atoms with Crippen LogP contribution < -0.4 is 0 Å². The van der Waals surface area contributed by atoms with Gasteiger partial charge in [-0.15, -0.1) is 0 Å². The van der Waals surface area contributed by atoms with Gasteiger partial charge in [0, 0.05) is 0 Å². The predicted molar refractivity (Wildman–Crippen MR) is 75.3 cm³/mol. The molecular formula is C16H26O2. The molecule has 0 fully saturated rings. The summed E-state index contributed by atoms with van der Waals surface area (Å²) in [7, 11) is 0. The number of cyclic esters (lactones) is 1. The highest BCUT2D eigenvalue weighted by Gasteiger charge is 2.10. The van der Waals surface area contributed by atoms with Gasteiger partial charge in [0.05, 0.1) is 12.5 Å². The standard InChI is InChI=1S/C16H26O2/c1-15-13-11-9-7-5-3-2-4-6-8-10-12-14-18-16(15)17/h3,5,11,13,15H,2,4,6-10,12,14H2,1H3/b5-3-,13-11-. The SMILES string of the molecule is CC1/C=C\CC/C=C\CCCCCCCOC1=O. The summed E-state index contributed by atoms with van der Waals surface area (Å²) >= 11 is 0. The summed E-state index contributed by atoms with van der Waals surface area (Å²) in [6, 6.07) is 0. The van der Waals surface area contributed by atoms with Crippen molar-refractivity contribution in [3.05, 3.63) is 24.3 Å². The second kappa shape index (κ2) is 9.93. The number of ether oxygens (including phenoxy) is 1. The summed E-state index contributed by atoms with van der Waals surface area (Å²) in [5.74, 6) is -0.198. The largest absolute Gasteiger partial charge is 0.465 e. The van der Waals surface area contributed by atoms with Gasteiger partial charge in [-0.1, -0.05) is 43.6 Å². The van der Waals surface area contributed by atoms with Crippen LogP contribution in [-0.4, -0.2) is 12.6 Å². The highest BCUT2D eigenvalue weighted by Crippen LogP contribution is 2.09. The predicted octanol–water partition coefficient (Wildman–Crippen LogP) is 4.41. The lowest BCUT2D eigenvalue weighted by atomic mass is 10.1. The second-order valence-electron chi connectivity index (χ2n) is 4.99. The van der Waals surface area contributed by atoms with Gasteiger partial charge >= 0.3 is 5.97 Å². The topological polar surface area (TPSA) is 26.3 Å². The van der Waals surface area contributed by atoms with Crippen LogP contribution in [0.4, 0.5) is 0 Å². The van der Waals surface area contributed by atoms with Crippen molar-refractivity contribution in [1.82, 2.24) is 0 Å². The molecule has 1 aliphatic rings. The van der Waals surface area contributed by atoms with E-state index in [1.807, 2.05) is 13.0 Å². The minimum Gasteiger partial charge on any atom is -0.465 e. The molecule has 0 saturated carbocycles. The van der Waals surface area contributed by atoms with Crippen molar-refractivity contribution >= 4 is 5.97 Å². The van der Waals surface area contributed by atoms with Gasteiger partial charge < -0.3 is 4.74 Å².